The first-order valence-electron chi connectivity index (χ1n) is 36.9. The van der Waals surface area contributed by atoms with Gasteiger partial charge in [0.2, 0.25) is 0 Å². The molecule has 0 saturated carbocycles. The number of para-hydroxylation sites is 2. The lowest BCUT2D eigenvalue weighted by molar-refractivity contribution is 0.573. The summed E-state index contributed by atoms with van der Waals surface area (Å²) < 4.78 is 22.1. The molecular weight excluding hydrogens is 1300 g/mol. The molecule has 3 heterocycles. The second-order valence-electron chi connectivity index (χ2n) is 29.7. The number of furan rings is 3. The highest BCUT2D eigenvalue weighted by molar-refractivity contribution is 6.36. The minimum atomic E-state index is -0.357. The van der Waals surface area contributed by atoms with E-state index in [0.717, 1.165) is 165 Å². The Hall–Kier alpha value is -13.7. The standard InChI is InChI=1S/C102H66N2O3/c1-102(2,3)88-57-67-47-52-84-91(104(68-30-18-29-64(55-68)61-23-6-4-7-24-61)90-58-65-28-11-13-32-72(65)77-33-14-15-34-82(77)90)60-87-96-74(62-25-8-5-9-26-62)36-22-44-94(96)106-100(87)97(84)95(67)98-85-41-21-42-89(99(85)107-101(88)98)103(70-49-54-93-86(59-70)83-35-16-17-43-92(83)105-93)69-48-53-73-66(56-69)46-51-81-76(73)38-20-40-79(81)78-39-19-37-75-71-31-12-10-27-63(71)45-50-80(75)78/h4-60H,1-3H3. The summed E-state index contributed by atoms with van der Waals surface area (Å²) in [4.78, 5) is 4.93. The Balaban J connectivity index is 0.832. The van der Waals surface area contributed by atoms with Crippen LogP contribution < -0.4 is 9.80 Å². The van der Waals surface area contributed by atoms with Gasteiger partial charge in [0.1, 0.15) is 27.9 Å². The molecule has 0 atom stereocenters. The molecule has 5 nitrogen and oxygen atoms in total. The highest BCUT2D eigenvalue weighted by atomic mass is 16.3. The van der Waals surface area contributed by atoms with Crippen LogP contribution in [0.1, 0.15) is 26.3 Å². The van der Waals surface area contributed by atoms with Gasteiger partial charge in [-0.2, -0.15) is 0 Å². The number of hydrogen-bond donors (Lipinski definition) is 0. The molecule has 22 rings (SSSR count). The van der Waals surface area contributed by atoms with Gasteiger partial charge in [-0.15, -0.1) is 0 Å². The van der Waals surface area contributed by atoms with Crippen LogP contribution in [0.15, 0.2) is 359 Å². The first kappa shape index (κ1) is 60.8. The molecule has 0 aliphatic carbocycles. The Morgan fingerprint density at radius 1 is 0.215 bits per heavy atom. The van der Waals surface area contributed by atoms with E-state index in [4.69, 9.17) is 13.3 Å². The lowest BCUT2D eigenvalue weighted by atomic mass is 9.83. The van der Waals surface area contributed by atoms with Crippen molar-refractivity contribution in [3.05, 3.63) is 351 Å². The zero-order chi connectivity index (χ0) is 70.8. The van der Waals surface area contributed by atoms with E-state index in [1.54, 1.807) is 0 Å². The molecule has 0 fully saturated rings. The van der Waals surface area contributed by atoms with Crippen LogP contribution in [0.4, 0.5) is 34.1 Å². The Morgan fingerprint density at radius 3 is 1.51 bits per heavy atom. The maximum absolute atomic E-state index is 7.93. The maximum Gasteiger partial charge on any atom is 0.159 e. The van der Waals surface area contributed by atoms with Crippen LogP contribution in [0, 0.1) is 0 Å². The summed E-state index contributed by atoms with van der Waals surface area (Å²) in [6.07, 6.45) is 0. The Labute approximate surface area is 616 Å². The smallest absolute Gasteiger partial charge is 0.159 e. The van der Waals surface area contributed by atoms with E-state index < -0.39 is 0 Å². The summed E-state index contributed by atoms with van der Waals surface area (Å²) in [5.41, 5.74) is 18.5. The van der Waals surface area contributed by atoms with Crippen molar-refractivity contribution in [3.63, 3.8) is 0 Å². The second kappa shape index (κ2) is 23.4. The van der Waals surface area contributed by atoms with Gasteiger partial charge in [0.05, 0.1) is 17.1 Å². The summed E-state index contributed by atoms with van der Waals surface area (Å²) >= 11 is 0. The molecule has 5 heteroatoms. The van der Waals surface area contributed by atoms with E-state index in [9.17, 15) is 0 Å². The number of hydrogen-bond acceptors (Lipinski definition) is 5. The number of anilines is 6. The van der Waals surface area contributed by atoms with Crippen molar-refractivity contribution in [3.8, 4) is 33.4 Å². The fourth-order valence-corrected chi connectivity index (χ4v) is 17.8. The zero-order valence-corrected chi connectivity index (χ0v) is 59.0. The summed E-state index contributed by atoms with van der Waals surface area (Å²) in [5.74, 6) is 0. The van der Waals surface area contributed by atoms with Gasteiger partial charge in [0.15, 0.2) is 5.58 Å². The van der Waals surface area contributed by atoms with Crippen molar-refractivity contribution in [1.29, 1.82) is 0 Å². The molecule has 0 amide bonds. The minimum absolute atomic E-state index is 0.357. The van der Waals surface area contributed by atoms with Crippen LogP contribution in [0.2, 0.25) is 0 Å². The predicted molar refractivity (Wildman–Crippen MR) is 453 cm³/mol. The lowest BCUT2D eigenvalue weighted by Crippen LogP contribution is -2.12. The van der Waals surface area contributed by atoms with E-state index in [1.807, 2.05) is 6.07 Å². The first-order valence-corrected chi connectivity index (χ1v) is 36.9. The van der Waals surface area contributed by atoms with Crippen LogP contribution in [0.25, 0.3) is 185 Å². The summed E-state index contributed by atoms with van der Waals surface area (Å²) in [7, 11) is 0. The van der Waals surface area contributed by atoms with E-state index in [1.165, 1.54) is 59.6 Å². The predicted octanol–water partition coefficient (Wildman–Crippen LogP) is 29.8. The van der Waals surface area contributed by atoms with Gasteiger partial charge in [-0.1, -0.05) is 288 Å². The molecule has 107 heavy (non-hydrogen) atoms. The third kappa shape index (κ3) is 9.37. The number of fused-ring (bicyclic) bond motifs is 23. The monoisotopic (exact) mass is 1370 g/mol. The Morgan fingerprint density at radius 2 is 0.729 bits per heavy atom. The van der Waals surface area contributed by atoms with Gasteiger partial charge in [0, 0.05) is 76.5 Å². The van der Waals surface area contributed by atoms with E-state index in [-0.39, 0.29) is 5.41 Å². The maximum atomic E-state index is 7.93. The molecule has 0 N–H and O–H groups in total. The average Bonchev–Trinajstić information content (AvgIpc) is 1.57. The quantitative estimate of drug-likeness (QED) is 0.135. The zero-order valence-electron chi connectivity index (χ0n) is 59.0. The molecule has 0 radical (unpaired) electrons. The average molecular weight is 1370 g/mol. The van der Waals surface area contributed by atoms with Crippen molar-refractivity contribution in [2.75, 3.05) is 9.80 Å². The summed E-state index contributed by atoms with van der Waals surface area (Å²) in [6, 6.07) is 127. The highest BCUT2D eigenvalue weighted by Crippen LogP contribution is 2.55. The van der Waals surface area contributed by atoms with E-state index >= 15 is 0 Å². The van der Waals surface area contributed by atoms with E-state index in [2.05, 4.69) is 370 Å². The van der Waals surface area contributed by atoms with Gasteiger partial charge in [-0.3, -0.25) is 0 Å². The number of benzene rings is 19. The Kier molecular flexibility index (Phi) is 13.3. The van der Waals surface area contributed by atoms with Crippen molar-refractivity contribution in [1.82, 2.24) is 0 Å². The largest absolute Gasteiger partial charge is 0.456 e. The van der Waals surface area contributed by atoms with Crippen LogP contribution in [0.3, 0.4) is 0 Å². The number of nitrogens with zero attached hydrogens (tertiary/aromatic N) is 2. The fourth-order valence-electron chi connectivity index (χ4n) is 17.8. The summed E-state index contributed by atoms with van der Waals surface area (Å²) in [5, 5.41) is 24.8. The molecule has 22 aromatic rings. The van der Waals surface area contributed by atoms with Gasteiger partial charge in [0.25, 0.3) is 0 Å². The van der Waals surface area contributed by atoms with Gasteiger partial charge in [-0.05, 0) is 182 Å². The third-order valence-electron chi connectivity index (χ3n) is 22.7. The molecule has 0 aliphatic rings. The fraction of sp³-hybridized carbons (Fsp3) is 0.0392. The van der Waals surface area contributed by atoms with Crippen molar-refractivity contribution in [2.24, 2.45) is 0 Å². The minimum Gasteiger partial charge on any atom is -0.456 e. The second-order valence-corrected chi connectivity index (χ2v) is 29.7. The summed E-state index contributed by atoms with van der Waals surface area (Å²) in [6.45, 7) is 6.92. The molecule has 0 saturated heterocycles. The molecule has 0 bridgehead atoms. The van der Waals surface area contributed by atoms with Crippen LogP contribution >= 0.6 is 0 Å². The SMILES string of the molecule is CC(C)(C)c1cc2ccc3c(N(c4cccc(-c5ccccc5)c4)c4cc5ccccc5c5ccccc45)cc4c(oc5cccc(-c6ccccc6)c54)c3c2c2c1oc1c(N(c3ccc4c(ccc5c(-c6cccc7c6ccc6ccccc67)cccc54)c3)c3ccc4oc5ccccc5c4c3)cccc12. The molecule has 19 aromatic carbocycles. The van der Waals surface area contributed by atoms with Crippen molar-refractivity contribution in [2.45, 2.75) is 26.2 Å². The van der Waals surface area contributed by atoms with Crippen LogP contribution in [-0.2, 0) is 5.41 Å². The first-order chi connectivity index (χ1) is 52.7. The van der Waals surface area contributed by atoms with Gasteiger partial charge >= 0.3 is 0 Å². The highest BCUT2D eigenvalue weighted by Gasteiger charge is 2.31. The topological polar surface area (TPSA) is 45.9 Å². The molecule has 502 valence electrons. The lowest BCUT2D eigenvalue weighted by Gasteiger charge is -2.30. The van der Waals surface area contributed by atoms with Gasteiger partial charge < -0.3 is 23.1 Å². The van der Waals surface area contributed by atoms with Gasteiger partial charge in [-0.25, -0.2) is 0 Å². The van der Waals surface area contributed by atoms with Crippen LogP contribution in [-0.4, -0.2) is 0 Å². The molecule has 0 spiro atoms. The normalized spacial score (nSPS) is 12.3. The van der Waals surface area contributed by atoms with E-state index in [0.29, 0.717) is 0 Å². The molecular formula is C102H66N2O3. The van der Waals surface area contributed by atoms with Crippen molar-refractivity contribution >= 4 is 186 Å². The van der Waals surface area contributed by atoms with Crippen LogP contribution in [0.5, 0.6) is 0 Å². The molecule has 3 aromatic heterocycles. The Bertz CT molecular complexity index is 7500. The molecule has 0 aliphatic heterocycles. The van der Waals surface area contributed by atoms with Crippen molar-refractivity contribution < 1.29 is 13.3 Å². The molecule has 0 unspecified atom stereocenters. The number of rotatable bonds is 9. The third-order valence-corrected chi connectivity index (χ3v) is 22.7.